The van der Waals surface area contributed by atoms with E-state index in [9.17, 15) is 18.0 Å². The first kappa shape index (κ1) is 31.6. The van der Waals surface area contributed by atoms with Crippen molar-refractivity contribution >= 4 is 35.1 Å². The molecule has 3 N–H and O–H groups in total. The molecule has 3 atom stereocenters. The third kappa shape index (κ3) is 7.16. The minimum atomic E-state index is -5.08. The van der Waals surface area contributed by atoms with E-state index in [0.29, 0.717) is 11.6 Å². The Balaban J connectivity index is 0.000000517. The quantitative estimate of drug-likeness (QED) is 0.510. The van der Waals surface area contributed by atoms with Crippen LogP contribution in [0.1, 0.15) is 38.7 Å². The number of halogens is 4. The number of aliphatic carboxylic acids is 1. The van der Waals surface area contributed by atoms with Crippen LogP contribution in [0.5, 0.6) is 0 Å². The van der Waals surface area contributed by atoms with E-state index in [1.165, 1.54) is 0 Å². The number of carboxylic acid groups (broad SMARTS) is 1. The van der Waals surface area contributed by atoms with Crippen LogP contribution < -0.4 is 10.6 Å². The minimum Gasteiger partial charge on any atom is -0.475 e. The van der Waals surface area contributed by atoms with Crippen LogP contribution in [0.3, 0.4) is 0 Å². The van der Waals surface area contributed by atoms with Crippen molar-refractivity contribution in [2.75, 3.05) is 37.8 Å². The predicted octanol–water partition coefficient (Wildman–Crippen LogP) is 4.81. The SMILES string of the molecule is C[C@H]1C[C@@H](N2C(=O)C[C@@](C)(c3cccc(-c4cccc(N5CCOCC5)c4)c3Cl)N=C2N)CCO1.O=C(O)C(F)(F)F. The summed E-state index contributed by atoms with van der Waals surface area (Å²) in [6.45, 7) is 7.79. The molecule has 2 saturated heterocycles. The first-order valence-electron chi connectivity index (χ1n) is 13.6. The highest BCUT2D eigenvalue weighted by molar-refractivity contribution is 6.34. The molecule has 0 saturated carbocycles. The van der Waals surface area contributed by atoms with Gasteiger partial charge in [-0.1, -0.05) is 41.9 Å². The van der Waals surface area contributed by atoms with Gasteiger partial charge < -0.3 is 25.2 Å². The van der Waals surface area contributed by atoms with Gasteiger partial charge in [0.15, 0.2) is 5.96 Å². The number of guanidine groups is 1. The Kier molecular flexibility index (Phi) is 9.69. The Hall–Kier alpha value is -3.35. The smallest absolute Gasteiger partial charge is 0.475 e. The maximum Gasteiger partial charge on any atom is 0.490 e. The molecule has 9 nitrogen and oxygen atoms in total. The van der Waals surface area contributed by atoms with Crippen LogP contribution >= 0.6 is 11.6 Å². The molecule has 0 aromatic heterocycles. The Bertz CT molecular complexity index is 1330. The number of amides is 1. The molecule has 0 bridgehead atoms. The molecular formula is C29H34ClF3N4O5. The lowest BCUT2D eigenvalue weighted by molar-refractivity contribution is -0.192. The topological polar surface area (TPSA) is 118 Å². The van der Waals surface area contributed by atoms with Crippen LogP contribution in [-0.4, -0.2) is 79.1 Å². The second-order valence-electron chi connectivity index (χ2n) is 10.7. The lowest BCUT2D eigenvalue weighted by atomic mass is 9.85. The van der Waals surface area contributed by atoms with Gasteiger partial charge in [0.05, 0.1) is 36.3 Å². The summed E-state index contributed by atoms with van der Waals surface area (Å²) in [5, 5.41) is 7.73. The first-order valence-corrected chi connectivity index (χ1v) is 14.0. The zero-order chi connectivity index (χ0) is 30.7. The van der Waals surface area contributed by atoms with E-state index in [0.717, 1.165) is 61.5 Å². The highest BCUT2D eigenvalue weighted by Crippen LogP contribution is 2.42. The van der Waals surface area contributed by atoms with Gasteiger partial charge in [-0.15, -0.1) is 0 Å². The fraction of sp³-hybridized carbons (Fsp3) is 0.483. The van der Waals surface area contributed by atoms with Gasteiger partial charge in [0.1, 0.15) is 0 Å². The molecule has 3 aliphatic rings. The standard InChI is InChI=1S/C27H33ClN4O3.C2HF3O2/c1-18-15-21(9-12-35-18)32-24(33)17-27(2,30-26(32)29)23-8-4-7-22(25(23)28)19-5-3-6-20(16-19)31-10-13-34-14-11-31;3-2(4,5)1(6)7/h3-8,16,18,21H,9-15,17H2,1-2H3,(H2,29,30);(H,6,7)/t18-,21-,27-;/m0./s1. The van der Waals surface area contributed by atoms with Gasteiger partial charge in [0.2, 0.25) is 5.91 Å². The monoisotopic (exact) mass is 610 g/mol. The number of ether oxygens (including phenoxy) is 2. The van der Waals surface area contributed by atoms with E-state index in [1.807, 2.05) is 32.0 Å². The van der Waals surface area contributed by atoms with Gasteiger partial charge in [-0.05, 0) is 49.9 Å². The molecule has 13 heteroatoms. The second-order valence-corrected chi connectivity index (χ2v) is 11.0. The van der Waals surface area contributed by atoms with E-state index in [4.69, 9.17) is 41.7 Å². The molecule has 3 heterocycles. The second kappa shape index (κ2) is 12.9. The minimum absolute atomic E-state index is 0.0179. The molecule has 0 spiro atoms. The zero-order valence-electron chi connectivity index (χ0n) is 23.4. The van der Waals surface area contributed by atoms with Gasteiger partial charge in [-0.25, -0.2) is 9.79 Å². The van der Waals surface area contributed by atoms with Gasteiger partial charge in [0.25, 0.3) is 0 Å². The van der Waals surface area contributed by atoms with E-state index in [1.54, 1.807) is 4.90 Å². The molecule has 2 aromatic rings. The number of aliphatic imine (C=N–C) groups is 1. The Morgan fingerprint density at radius 1 is 1.17 bits per heavy atom. The maximum atomic E-state index is 13.4. The number of hydrogen-bond acceptors (Lipinski definition) is 7. The number of morpholine rings is 1. The summed E-state index contributed by atoms with van der Waals surface area (Å²) in [5.41, 5.74) is 9.49. The average Bonchev–Trinajstić information content (AvgIpc) is 2.93. The van der Waals surface area contributed by atoms with Crippen LogP contribution in [0.15, 0.2) is 47.5 Å². The maximum absolute atomic E-state index is 13.4. The number of carbonyl (C=O) groups excluding carboxylic acids is 1. The zero-order valence-corrected chi connectivity index (χ0v) is 24.1. The van der Waals surface area contributed by atoms with Crippen LogP contribution in [0.25, 0.3) is 11.1 Å². The molecule has 0 radical (unpaired) electrons. The molecule has 0 unspecified atom stereocenters. The molecule has 228 valence electrons. The third-order valence-electron chi connectivity index (χ3n) is 7.55. The molecule has 2 aromatic carbocycles. The summed E-state index contributed by atoms with van der Waals surface area (Å²) < 4.78 is 42.9. The largest absolute Gasteiger partial charge is 0.490 e. The number of carboxylic acids is 1. The van der Waals surface area contributed by atoms with Crippen molar-refractivity contribution in [3.05, 3.63) is 53.1 Å². The van der Waals surface area contributed by atoms with Gasteiger partial charge >= 0.3 is 12.1 Å². The molecule has 5 rings (SSSR count). The number of rotatable bonds is 4. The van der Waals surface area contributed by atoms with E-state index < -0.39 is 17.7 Å². The lowest BCUT2D eigenvalue weighted by Gasteiger charge is -2.41. The number of benzene rings is 2. The average molecular weight is 611 g/mol. The highest BCUT2D eigenvalue weighted by Gasteiger charge is 2.42. The Morgan fingerprint density at radius 2 is 1.83 bits per heavy atom. The van der Waals surface area contributed by atoms with Gasteiger partial charge in [-0.2, -0.15) is 13.2 Å². The molecule has 42 heavy (non-hydrogen) atoms. The van der Waals surface area contributed by atoms with Crippen molar-refractivity contribution in [1.29, 1.82) is 0 Å². The fourth-order valence-corrected chi connectivity index (χ4v) is 5.91. The van der Waals surface area contributed by atoms with Gasteiger partial charge in [0, 0.05) is 37.0 Å². The number of alkyl halides is 3. The van der Waals surface area contributed by atoms with E-state index >= 15 is 0 Å². The normalized spacial score (nSPS) is 24.9. The van der Waals surface area contributed by atoms with Gasteiger partial charge in [-0.3, -0.25) is 9.69 Å². The van der Waals surface area contributed by atoms with E-state index in [2.05, 4.69) is 29.2 Å². The number of nitrogens with zero attached hydrogens (tertiary/aromatic N) is 3. The van der Waals surface area contributed by atoms with Crippen molar-refractivity contribution in [2.24, 2.45) is 10.7 Å². The Labute approximate surface area is 247 Å². The summed E-state index contributed by atoms with van der Waals surface area (Å²) in [4.78, 5) is 31.1. The summed E-state index contributed by atoms with van der Waals surface area (Å²) >= 11 is 7.02. The van der Waals surface area contributed by atoms with Crippen LogP contribution in [0.2, 0.25) is 5.02 Å². The molecule has 2 fully saturated rings. The summed E-state index contributed by atoms with van der Waals surface area (Å²) in [5.74, 6) is -2.51. The highest BCUT2D eigenvalue weighted by atomic mass is 35.5. The van der Waals surface area contributed by atoms with Crippen molar-refractivity contribution in [2.45, 2.75) is 57.0 Å². The number of anilines is 1. The van der Waals surface area contributed by atoms with Crippen LogP contribution in [0.4, 0.5) is 18.9 Å². The summed E-state index contributed by atoms with van der Waals surface area (Å²) in [6.07, 6.45) is -3.24. The number of hydrogen-bond donors (Lipinski definition) is 2. The van der Waals surface area contributed by atoms with Crippen LogP contribution in [-0.2, 0) is 24.6 Å². The fourth-order valence-electron chi connectivity index (χ4n) is 5.47. The molecular weight excluding hydrogens is 577 g/mol. The van der Waals surface area contributed by atoms with Crippen molar-refractivity contribution in [1.82, 2.24) is 4.90 Å². The van der Waals surface area contributed by atoms with E-state index in [-0.39, 0.29) is 30.4 Å². The molecule has 1 amide bonds. The number of nitrogens with two attached hydrogens (primary N) is 1. The number of carbonyl (C=O) groups is 2. The lowest BCUT2D eigenvalue weighted by Crippen LogP contribution is -2.56. The molecule has 3 aliphatic heterocycles. The summed E-state index contributed by atoms with van der Waals surface area (Å²) in [6, 6.07) is 14.4. The van der Waals surface area contributed by atoms with Crippen molar-refractivity contribution in [3.8, 4) is 11.1 Å². The van der Waals surface area contributed by atoms with Crippen molar-refractivity contribution in [3.63, 3.8) is 0 Å². The predicted molar refractivity (Wildman–Crippen MR) is 152 cm³/mol. The first-order chi connectivity index (χ1) is 19.8. The Morgan fingerprint density at radius 3 is 2.45 bits per heavy atom. The summed E-state index contributed by atoms with van der Waals surface area (Å²) in [7, 11) is 0. The molecule has 0 aliphatic carbocycles. The van der Waals surface area contributed by atoms with Crippen molar-refractivity contribution < 1.29 is 37.3 Å². The third-order valence-corrected chi connectivity index (χ3v) is 7.96. The van der Waals surface area contributed by atoms with Crippen LogP contribution in [0, 0.1) is 0 Å².